The van der Waals surface area contributed by atoms with Crippen LogP contribution in [0.5, 0.6) is 5.75 Å². The molecule has 0 saturated carbocycles. The SMILES string of the molecule is COc1ccccc1CCNc1cc(C)ccc1[N+](=O)[O-]. The van der Waals surface area contributed by atoms with Crippen molar-refractivity contribution in [2.45, 2.75) is 13.3 Å². The molecule has 0 amide bonds. The molecule has 2 aromatic carbocycles. The van der Waals surface area contributed by atoms with Gasteiger partial charge in [0.2, 0.25) is 0 Å². The van der Waals surface area contributed by atoms with Crippen LogP contribution in [0, 0.1) is 17.0 Å². The Bertz CT molecular complexity index is 641. The largest absolute Gasteiger partial charge is 0.496 e. The molecule has 0 aliphatic carbocycles. The Morgan fingerprint density at radius 2 is 2.00 bits per heavy atom. The summed E-state index contributed by atoms with van der Waals surface area (Å²) in [5.74, 6) is 0.832. The monoisotopic (exact) mass is 286 g/mol. The lowest BCUT2D eigenvalue weighted by Crippen LogP contribution is -2.08. The summed E-state index contributed by atoms with van der Waals surface area (Å²) in [7, 11) is 1.64. The zero-order valence-electron chi connectivity index (χ0n) is 12.1. The van der Waals surface area contributed by atoms with Gasteiger partial charge < -0.3 is 10.1 Å². The zero-order valence-corrected chi connectivity index (χ0v) is 12.1. The normalized spacial score (nSPS) is 10.2. The molecule has 1 N–H and O–H groups in total. The molecule has 0 fully saturated rings. The van der Waals surface area contributed by atoms with Gasteiger partial charge in [0.1, 0.15) is 11.4 Å². The van der Waals surface area contributed by atoms with E-state index in [0.717, 1.165) is 23.3 Å². The highest BCUT2D eigenvalue weighted by Crippen LogP contribution is 2.25. The summed E-state index contributed by atoms with van der Waals surface area (Å²) >= 11 is 0. The van der Waals surface area contributed by atoms with Crippen LogP contribution in [0.3, 0.4) is 0 Å². The number of methoxy groups -OCH3 is 1. The number of nitrogens with one attached hydrogen (secondary N) is 1. The maximum absolute atomic E-state index is 11.0. The standard InChI is InChI=1S/C16H18N2O3/c1-12-7-8-15(18(19)20)14(11-12)17-10-9-13-5-3-4-6-16(13)21-2/h3-8,11,17H,9-10H2,1-2H3. The van der Waals surface area contributed by atoms with Gasteiger partial charge in [-0.3, -0.25) is 10.1 Å². The van der Waals surface area contributed by atoms with Crippen molar-refractivity contribution in [1.29, 1.82) is 0 Å². The second-order valence-electron chi connectivity index (χ2n) is 4.77. The molecule has 0 saturated heterocycles. The third-order valence-corrected chi connectivity index (χ3v) is 3.25. The van der Waals surface area contributed by atoms with Crippen molar-refractivity contribution in [2.75, 3.05) is 19.0 Å². The fourth-order valence-electron chi connectivity index (χ4n) is 2.19. The van der Waals surface area contributed by atoms with Crippen molar-refractivity contribution >= 4 is 11.4 Å². The zero-order chi connectivity index (χ0) is 15.2. The highest BCUT2D eigenvalue weighted by molar-refractivity contribution is 5.62. The molecule has 0 aliphatic heterocycles. The average molecular weight is 286 g/mol. The Morgan fingerprint density at radius 3 is 2.71 bits per heavy atom. The number of nitro groups is 1. The number of nitrogens with zero attached hydrogens (tertiary/aromatic N) is 1. The van der Waals surface area contributed by atoms with E-state index in [2.05, 4.69) is 5.32 Å². The van der Waals surface area contributed by atoms with Crippen LogP contribution in [0.25, 0.3) is 0 Å². The molecule has 0 heterocycles. The summed E-state index contributed by atoms with van der Waals surface area (Å²) in [5.41, 5.74) is 2.71. The second-order valence-corrected chi connectivity index (χ2v) is 4.77. The molecule has 2 rings (SSSR count). The molecule has 5 nitrogen and oxygen atoms in total. The Labute approximate surface area is 123 Å². The van der Waals surface area contributed by atoms with Gasteiger partial charge in [-0.05, 0) is 36.6 Å². The predicted octanol–water partition coefficient (Wildman–Crippen LogP) is 3.57. The van der Waals surface area contributed by atoms with E-state index in [1.807, 2.05) is 31.2 Å². The summed E-state index contributed by atoms with van der Waals surface area (Å²) in [4.78, 5) is 10.6. The highest BCUT2D eigenvalue weighted by atomic mass is 16.6. The number of nitro benzene ring substituents is 1. The van der Waals surface area contributed by atoms with Gasteiger partial charge in [0.25, 0.3) is 5.69 Å². The molecule has 0 unspecified atom stereocenters. The second kappa shape index (κ2) is 6.74. The predicted molar refractivity (Wildman–Crippen MR) is 83.0 cm³/mol. The van der Waals surface area contributed by atoms with E-state index in [-0.39, 0.29) is 10.6 Å². The van der Waals surface area contributed by atoms with Gasteiger partial charge >= 0.3 is 0 Å². The quantitative estimate of drug-likeness (QED) is 0.651. The lowest BCUT2D eigenvalue weighted by Gasteiger charge is -2.10. The molecule has 110 valence electrons. The molecule has 2 aromatic rings. The number of para-hydroxylation sites is 1. The molecule has 0 radical (unpaired) electrons. The molecular formula is C16H18N2O3. The number of ether oxygens (including phenoxy) is 1. The van der Waals surface area contributed by atoms with Crippen LogP contribution in [0.15, 0.2) is 42.5 Å². The molecule has 0 spiro atoms. The lowest BCUT2D eigenvalue weighted by atomic mass is 10.1. The van der Waals surface area contributed by atoms with Crippen LogP contribution in [-0.4, -0.2) is 18.6 Å². The van der Waals surface area contributed by atoms with E-state index in [0.29, 0.717) is 12.2 Å². The number of hydrogen-bond acceptors (Lipinski definition) is 4. The number of anilines is 1. The fraction of sp³-hybridized carbons (Fsp3) is 0.250. The maximum atomic E-state index is 11.0. The lowest BCUT2D eigenvalue weighted by molar-refractivity contribution is -0.384. The average Bonchev–Trinajstić information content (AvgIpc) is 2.47. The third kappa shape index (κ3) is 3.72. The van der Waals surface area contributed by atoms with E-state index in [1.165, 1.54) is 6.07 Å². The molecular weight excluding hydrogens is 268 g/mol. The van der Waals surface area contributed by atoms with Crippen molar-refractivity contribution in [3.63, 3.8) is 0 Å². The molecule has 21 heavy (non-hydrogen) atoms. The van der Waals surface area contributed by atoms with Gasteiger partial charge in [0.15, 0.2) is 0 Å². The first-order valence-corrected chi connectivity index (χ1v) is 6.72. The van der Waals surface area contributed by atoms with Crippen molar-refractivity contribution in [3.05, 3.63) is 63.7 Å². The molecule has 0 bridgehead atoms. The van der Waals surface area contributed by atoms with Crippen LogP contribution < -0.4 is 10.1 Å². The van der Waals surface area contributed by atoms with Crippen molar-refractivity contribution in [3.8, 4) is 5.75 Å². The Balaban J connectivity index is 2.07. The summed E-state index contributed by atoms with van der Waals surface area (Å²) in [6.07, 6.45) is 0.731. The van der Waals surface area contributed by atoms with E-state index >= 15 is 0 Å². The van der Waals surface area contributed by atoms with E-state index in [9.17, 15) is 10.1 Å². The summed E-state index contributed by atoms with van der Waals surface area (Å²) in [6, 6.07) is 12.8. The third-order valence-electron chi connectivity index (χ3n) is 3.25. The van der Waals surface area contributed by atoms with E-state index in [4.69, 9.17) is 4.74 Å². The molecule has 0 atom stereocenters. The van der Waals surface area contributed by atoms with E-state index < -0.39 is 0 Å². The van der Waals surface area contributed by atoms with Gasteiger partial charge in [0.05, 0.1) is 12.0 Å². The first-order chi connectivity index (χ1) is 10.1. The Kier molecular flexibility index (Phi) is 4.77. The fourth-order valence-corrected chi connectivity index (χ4v) is 2.19. The molecule has 0 aromatic heterocycles. The van der Waals surface area contributed by atoms with Crippen molar-refractivity contribution in [1.82, 2.24) is 0 Å². The smallest absolute Gasteiger partial charge is 0.292 e. The summed E-state index contributed by atoms with van der Waals surface area (Å²) in [6.45, 7) is 2.51. The van der Waals surface area contributed by atoms with E-state index in [1.54, 1.807) is 19.2 Å². The first-order valence-electron chi connectivity index (χ1n) is 6.72. The number of aryl methyl sites for hydroxylation is 1. The van der Waals surface area contributed by atoms with Crippen LogP contribution >= 0.6 is 0 Å². The minimum absolute atomic E-state index is 0.0978. The number of hydrogen-bond donors (Lipinski definition) is 1. The van der Waals surface area contributed by atoms with Crippen LogP contribution in [0.2, 0.25) is 0 Å². The summed E-state index contributed by atoms with van der Waals surface area (Å²) in [5, 5.41) is 14.2. The molecule has 0 aliphatic rings. The van der Waals surface area contributed by atoms with Gasteiger partial charge in [-0.1, -0.05) is 24.3 Å². The van der Waals surface area contributed by atoms with Crippen LogP contribution in [0.4, 0.5) is 11.4 Å². The van der Waals surface area contributed by atoms with Crippen molar-refractivity contribution < 1.29 is 9.66 Å². The topological polar surface area (TPSA) is 64.4 Å². The van der Waals surface area contributed by atoms with Gasteiger partial charge in [0, 0.05) is 12.6 Å². The minimum Gasteiger partial charge on any atom is -0.496 e. The Hall–Kier alpha value is -2.56. The minimum atomic E-state index is -0.370. The maximum Gasteiger partial charge on any atom is 0.292 e. The van der Waals surface area contributed by atoms with Crippen molar-refractivity contribution in [2.24, 2.45) is 0 Å². The molecule has 5 heteroatoms. The number of benzene rings is 2. The number of rotatable bonds is 6. The van der Waals surface area contributed by atoms with Gasteiger partial charge in [-0.2, -0.15) is 0 Å². The van der Waals surface area contributed by atoms with Crippen LogP contribution in [-0.2, 0) is 6.42 Å². The Morgan fingerprint density at radius 1 is 1.24 bits per heavy atom. The summed E-state index contributed by atoms with van der Waals surface area (Å²) < 4.78 is 5.29. The van der Waals surface area contributed by atoms with Crippen LogP contribution in [0.1, 0.15) is 11.1 Å². The van der Waals surface area contributed by atoms with Gasteiger partial charge in [-0.15, -0.1) is 0 Å². The highest BCUT2D eigenvalue weighted by Gasteiger charge is 2.13. The van der Waals surface area contributed by atoms with Gasteiger partial charge in [-0.25, -0.2) is 0 Å². The first kappa shape index (κ1) is 14.8.